The molecule has 1 atom stereocenters. The van der Waals surface area contributed by atoms with Gasteiger partial charge in [-0.25, -0.2) is 0 Å². The minimum Gasteiger partial charge on any atom is -0.493 e. The van der Waals surface area contributed by atoms with Crippen molar-refractivity contribution in [3.63, 3.8) is 0 Å². The summed E-state index contributed by atoms with van der Waals surface area (Å²) in [6.45, 7) is 7.34. The molecule has 2 N–H and O–H groups in total. The van der Waals surface area contributed by atoms with Crippen LogP contribution in [0, 0.1) is 0 Å². The predicted molar refractivity (Wildman–Crippen MR) is 146 cm³/mol. The van der Waals surface area contributed by atoms with Crippen LogP contribution < -0.4 is 15.2 Å². The molecule has 6 nitrogen and oxygen atoms in total. The Kier molecular flexibility index (Phi) is 7.28. The highest BCUT2D eigenvalue weighted by Crippen LogP contribution is 2.48. The number of aromatic nitrogens is 2. The van der Waals surface area contributed by atoms with Crippen LogP contribution in [0.1, 0.15) is 54.3 Å². The summed E-state index contributed by atoms with van der Waals surface area (Å²) in [7, 11) is 7.53. The molecule has 0 saturated heterocycles. The van der Waals surface area contributed by atoms with Gasteiger partial charge < -0.3 is 20.1 Å². The molecular formula is C28H34N4O2S. The van der Waals surface area contributed by atoms with Crippen LogP contribution in [-0.4, -0.2) is 43.4 Å². The molecule has 4 aromatic rings. The Morgan fingerprint density at radius 2 is 1.74 bits per heavy atom. The first-order valence-corrected chi connectivity index (χ1v) is 12.6. The summed E-state index contributed by atoms with van der Waals surface area (Å²) in [5.41, 5.74) is 10.8. The third-order valence-corrected chi connectivity index (χ3v) is 7.61. The van der Waals surface area contributed by atoms with E-state index >= 15 is 0 Å². The van der Waals surface area contributed by atoms with Crippen molar-refractivity contribution in [2.24, 2.45) is 0 Å². The highest BCUT2D eigenvalue weighted by Gasteiger charge is 2.27. The van der Waals surface area contributed by atoms with Crippen LogP contribution in [0.3, 0.4) is 0 Å². The highest BCUT2D eigenvalue weighted by molar-refractivity contribution is 7.15. The number of hydrogen-bond donors (Lipinski definition) is 1. The van der Waals surface area contributed by atoms with Crippen molar-refractivity contribution in [2.45, 2.75) is 39.2 Å². The lowest BCUT2D eigenvalue weighted by molar-refractivity contribution is 0.352. The molecule has 2 aromatic carbocycles. The largest absolute Gasteiger partial charge is 0.493 e. The molecular weight excluding hydrogens is 456 g/mol. The van der Waals surface area contributed by atoms with Crippen LogP contribution in [0.5, 0.6) is 11.5 Å². The first-order chi connectivity index (χ1) is 16.8. The average molecular weight is 491 g/mol. The smallest absolute Gasteiger partial charge is 0.165 e. The van der Waals surface area contributed by atoms with Gasteiger partial charge in [-0.15, -0.1) is 16.4 Å². The summed E-state index contributed by atoms with van der Waals surface area (Å²) in [5.74, 6) is 1.95. The maximum Gasteiger partial charge on any atom is 0.165 e. The number of thiophene rings is 1. The van der Waals surface area contributed by atoms with Gasteiger partial charge in [0.05, 0.1) is 19.9 Å². The molecule has 0 aliphatic carbocycles. The number of anilines is 1. The van der Waals surface area contributed by atoms with E-state index in [9.17, 15) is 0 Å². The summed E-state index contributed by atoms with van der Waals surface area (Å²) in [6, 6.07) is 15.0. The summed E-state index contributed by atoms with van der Waals surface area (Å²) >= 11 is 1.81. The van der Waals surface area contributed by atoms with Crippen LogP contribution in [-0.2, 0) is 6.54 Å². The van der Waals surface area contributed by atoms with E-state index in [-0.39, 0.29) is 11.8 Å². The second-order valence-corrected chi connectivity index (χ2v) is 10.5. The fraction of sp³-hybridized carbons (Fsp3) is 0.357. The Morgan fingerprint density at radius 3 is 2.40 bits per heavy atom. The van der Waals surface area contributed by atoms with Gasteiger partial charge in [0.25, 0.3) is 0 Å². The van der Waals surface area contributed by atoms with Gasteiger partial charge in [0.1, 0.15) is 0 Å². The van der Waals surface area contributed by atoms with E-state index in [2.05, 4.69) is 86.4 Å². The molecule has 0 aliphatic heterocycles. The van der Waals surface area contributed by atoms with Crippen LogP contribution in [0.4, 0.5) is 5.82 Å². The first-order valence-electron chi connectivity index (χ1n) is 11.8. The predicted octanol–water partition coefficient (Wildman–Crippen LogP) is 6.29. The molecule has 0 radical (unpaired) electrons. The Bertz CT molecular complexity index is 1350. The molecule has 0 amide bonds. The van der Waals surface area contributed by atoms with Crippen LogP contribution in [0.15, 0.2) is 42.5 Å². The minimum atomic E-state index is 0.0309. The van der Waals surface area contributed by atoms with Crippen molar-refractivity contribution in [3.8, 4) is 21.9 Å². The zero-order valence-electron chi connectivity index (χ0n) is 21.5. The van der Waals surface area contributed by atoms with Crippen LogP contribution in [0.2, 0.25) is 0 Å². The number of nitrogens with zero attached hydrogens (tertiary/aromatic N) is 3. The Morgan fingerprint density at radius 1 is 1.00 bits per heavy atom. The van der Waals surface area contributed by atoms with Gasteiger partial charge in [0.15, 0.2) is 17.3 Å². The second kappa shape index (κ2) is 10.2. The molecule has 0 fully saturated rings. The Hall–Kier alpha value is -3.16. The van der Waals surface area contributed by atoms with Crippen molar-refractivity contribution in [1.82, 2.24) is 15.1 Å². The lowest BCUT2D eigenvalue weighted by atomic mass is 9.89. The SMILES string of the molecule is COc1cc2c(N)nnc(C(C)C)c2c(C(C)c2ccc(-c3ccccc3CN(C)C)s2)c1OC. The second-order valence-electron chi connectivity index (χ2n) is 9.39. The fourth-order valence-corrected chi connectivity index (χ4v) is 5.77. The summed E-state index contributed by atoms with van der Waals surface area (Å²) < 4.78 is 11.7. The van der Waals surface area contributed by atoms with E-state index < -0.39 is 0 Å². The molecule has 0 spiro atoms. The fourth-order valence-electron chi connectivity index (χ4n) is 4.64. The number of hydrogen-bond acceptors (Lipinski definition) is 7. The Balaban J connectivity index is 1.91. The Labute approximate surface area is 211 Å². The molecule has 35 heavy (non-hydrogen) atoms. The number of rotatable bonds is 8. The number of nitrogens with two attached hydrogens (primary N) is 1. The molecule has 4 rings (SSSR count). The first kappa shape index (κ1) is 24.9. The zero-order chi connectivity index (χ0) is 25.3. The molecule has 7 heteroatoms. The molecule has 184 valence electrons. The highest BCUT2D eigenvalue weighted by atomic mass is 32.1. The average Bonchev–Trinajstić information content (AvgIpc) is 3.32. The topological polar surface area (TPSA) is 73.5 Å². The lowest BCUT2D eigenvalue weighted by Crippen LogP contribution is -2.11. The number of ether oxygens (including phenoxy) is 2. The number of nitrogen functional groups attached to an aromatic ring is 1. The third kappa shape index (κ3) is 4.70. The van der Waals surface area contributed by atoms with Gasteiger partial charge >= 0.3 is 0 Å². The molecule has 0 saturated carbocycles. The van der Waals surface area contributed by atoms with Crippen LogP contribution >= 0.6 is 11.3 Å². The van der Waals surface area contributed by atoms with E-state index in [1.165, 1.54) is 20.9 Å². The van der Waals surface area contributed by atoms with Crippen molar-refractivity contribution < 1.29 is 9.47 Å². The number of fused-ring (bicyclic) bond motifs is 1. The van der Waals surface area contributed by atoms with Crippen molar-refractivity contribution in [3.05, 3.63) is 64.2 Å². The molecule has 2 aromatic heterocycles. The van der Waals surface area contributed by atoms with E-state index in [4.69, 9.17) is 15.2 Å². The van der Waals surface area contributed by atoms with Gasteiger partial charge in [0, 0.05) is 38.6 Å². The third-order valence-electron chi connectivity index (χ3n) is 6.31. The molecule has 2 heterocycles. The summed E-state index contributed by atoms with van der Waals surface area (Å²) in [6.07, 6.45) is 0. The minimum absolute atomic E-state index is 0.0309. The normalized spacial score (nSPS) is 12.5. The molecule has 1 unspecified atom stereocenters. The number of benzene rings is 2. The zero-order valence-corrected chi connectivity index (χ0v) is 22.4. The molecule has 0 aliphatic rings. The van der Waals surface area contributed by atoms with Gasteiger partial charge in [-0.3, -0.25) is 0 Å². The lowest BCUT2D eigenvalue weighted by Gasteiger charge is -2.22. The van der Waals surface area contributed by atoms with E-state index in [1.54, 1.807) is 14.2 Å². The van der Waals surface area contributed by atoms with E-state index in [1.807, 2.05) is 17.4 Å². The van der Waals surface area contributed by atoms with Gasteiger partial charge in [-0.05, 0) is 49.3 Å². The quantitative estimate of drug-likeness (QED) is 0.313. The summed E-state index contributed by atoms with van der Waals surface area (Å²) in [4.78, 5) is 4.68. The van der Waals surface area contributed by atoms with Gasteiger partial charge in [0.2, 0.25) is 0 Å². The number of methoxy groups -OCH3 is 2. The van der Waals surface area contributed by atoms with Gasteiger partial charge in [-0.2, -0.15) is 5.10 Å². The molecule has 0 bridgehead atoms. The maximum absolute atomic E-state index is 6.31. The van der Waals surface area contributed by atoms with E-state index in [0.29, 0.717) is 17.3 Å². The maximum atomic E-state index is 6.31. The van der Waals surface area contributed by atoms with E-state index in [0.717, 1.165) is 28.6 Å². The van der Waals surface area contributed by atoms with Crippen molar-refractivity contribution >= 4 is 27.9 Å². The van der Waals surface area contributed by atoms with Crippen molar-refractivity contribution in [1.29, 1.82) is 0 Å². The standard InChI is InChI=1S/C28H34N4O2S/c1-16(2)26-25-20(28(29)31-30-26)14-21(33-6)27(34-7)24(25)17(3)22-12-13-23(35-22)19-11-9-8-10-18(19)15-32(4)5/h8-14,16-17H,15H2,1-7H3,(H2,29,31). The monoisotopic (exact) mass is 490 g/mol. The van der Waals surface area contributed by atoms with Crippen molar-refractivity contribution in [2.75, 3.05) is 34.0 Å². The van der Waals surface area contributed by atoms with Crippen LogP contribution in [0.25, 0.3) is 21.2 Å². The van der Waals surface area contributed by atoms with Gasteiger partial charge in [-0.1, -0.05) is 45.0 Å². The summed E-state index contributed by atoms with van der Waals surface area (Å²) in [5, 5.41) is 10.6.